The number of carbonyl (C=O) groups excluding carboxylic acids is 1. The molecule has 1 unspecified atom stereocenters. The minimum atomic E-state index is -0.186. The van der Waals surface area contributed by atoms with E-state index < -0.39 is 0 Å². The van der Waals surface area contributed by atoms with Crippen molar-refractivity contribution in [2.75, 3.05) is 6.54 Å². The standard InChI is InChI=1S/C11H14N2O2S/c14-10(8-2-1-5-12-8)15-11-13-9(6-16-11)7-3-4-7/h6-8,12H,1-5H2. The summed E-state index contributed by atoms with van der Waals surface area (Å²) in [5.74, 6) is 0.433. The van der Waals surface area contributed by atoms with Crippen LogP contribution in [0.3, 0.4) is 0 Å². The smallest absolute Gasteiger partial charge is 0.330 e. The molecule has 1 atom stereocenters. The van der Waals surface area contributed by atoms with Crippen molar-refractivity contribution in [1.82, 2.24) is 10.3 Å². The molecule has 1 N–H and O–H groups in total. The number of aromatic nitrogens is 1. The first-order chi connectivity index (χ1) is 7.83. The van der Waals surface area contributed by atoms with Crippen molar-refractivity contribution >= 4 is 17.3 Å². The monoisotopic (exact) mass is 238 g/mol. The van der Waals surface area contributed by atoms with Crippen LogP contribution in [0.5, 0.6) is 5.19 Å². The lowest BCUT2D eigenvalue weighted by Crippen LogP contribution is -2.34. The van der Waals surface area contributed by atoms with Gasteiger partial charge >= 0.3 is 5.97 Å². The first-order valence-electron chi connectivity index (χ1n) is 5.73. The summed E-state index contributed by atoms with van der Waals surface area (Å²) in [6.07, 6.45) is 4.37. The van der Waals surface area contributed by atoms with Crippen LogP contribution >= 0.6 is 11.3 Å². The van der Waals surface area contributed by atoms with Gasteiger partial charge in [0.15, 0.2) is 0 Å². The van der Waals surface area contributed by atoms with E-state index in [1.165, 1.54) is 24.2 Å². The van der Waals surface area contributed by atoms with Gasteiger partial charge in [-0.15, -0.1) is 0 Å². The second-order valence-corrected chi connectivity index (χ2v) is 5.20. The van der Waals surface area contributed by atoms with Crippen LogP contribution in [-0.4, -0.2) is 23.5 Å². The van der Waals surface area contributed by atoms with Crippen molar-refractivity contribution in [1.29, 1.82) is 0 Å². The SMILES string of the molecule is O=C(Oc1nc(C2CC2)cs1)C1CCCN1. The molecule has 1 aromatic heterocycles. The van der Waals surface area contributed by atoms with E-state index in [2.05, 4.69) is 10.3 Å². The summed E-state index contributed by atoms with van der Waals surface area (Å²) in [6, 6.07) is -0.131. The zero-order valence-electron chi connectivity index (χ0n) is 8.94. The van der Waals surface area contributed by atoms with E-state index in [0.717, 1.165) is 25.1 Å². The van der Waals surface area contributed by atoms with Gasteiger partial charge in [-0.05, 0) is 32.2 Å². The first kappa shape index (κ1) is 10.2. The Balaban J connectivity index is 1.61. The maximum atomic E-state index is 11.7. The van der Waals surface area contributed by atoms with Gasteiger partial charge in [0, 0.05) is 11.3 Å². The van der Waals surface area contributed by atoms with Gasteiger partial charge in [0.1, 0.15) is 6.04 Å². The van der Waals surface area contributed by atoms with Gasteiger partial charge in [-0.3, -0.25) is 0 Å². The average Bonchev–Trinajstić information content (AvgIpc) is 2.82. The Labute approximate surface area is 98.0 Å². The third-order valence-electron chi connectivity index (χ3n) is 3.03. The zero-order valence-corrected chi connectivity index (χ0v) is 9.76. The van der Waals surface area contributed by atoms with Crippen LogP contribution in [0, 0.1) is 0 Å². The van der Waals surface area contributed by atoms with E-state index in [-0.39, 0.29) is 12.0 Å². The number of hydrogen-bond donors (Lipinski definition) is 1. The molecule has 1 aliphatic heterocycles. The normalized spacial score (nSPS) is 24.6. The Kier molecular flexibility index (Phi) is 2.65. The van der Waals surface area contributed by atoms with Crippen LogP contribution in [-0.2, 0) is 4.79 Å². The number of rotatable bonds is 3. The van der Waals surface area contributed by atoms with E-state index in [0.29, 0.717) is 11.1 Å². The summed E-state index contributed by atoms with van der Waals surface area (Å²) in [7, 11) is 0. The molecule has 1 aliphatic carbocycles. The Bertz CT molecular complexity index is 394. The molecular formula is C11H14N2O2S. The molecule has 0 radical (unpaired) electrons. The van der Waals surface area contributed by atoms with Crippen molar-refractivity contribution < 1.29 is 9.53 Å². The Morgan fingerprint density at radius 1 is 1.50 bits per heavy atom. The number of carbonyl (C=O) groups is 1. The molecule has 3 rings (SSSR count). The molecule has 5 heteroatoms. The fourth-order valence-corrected chi connectivity index (χ4v) is 2.68. The maximum absolute atomic E-state index is 11.7. The minimum Gasteiger partial charge on any atom is -0.397 e. The fourth-order valence-electron chi connectivity index (χ4n) is 1.93. The highest BCUT2D eigenvalue weighted by Crippen LogP contribution is 2.41. The number of nitrogens with one attached hydrogen (secondary N) is 1. The third-order valence-corrected chi connectivity index (χ3v) is 3.76. The highest BCUT2D eigenvalue weighted by Gasteiger charge is 2.28. The van der Waals surface area contributed by atoms with Gasteiger partial charge in [0.05, 0.1) is 5.69 Å². The maximum Gasteiger partial charge on any atom is 0.330 e. The molecular weight excluding hydrogens is 224 g/mol. The molecule has 86 valence electrons. The predicted molar refractivity (Wildman–Crippen MR) is 60.7 cm³/mol. The fraction of sp³-hybridized carbons (Fsp3) is 0.636. The van der Waals surface area contributed by atoms with Crippen LogP contribution in [0.15, 0.2) is 5.38 Å². The molecule has 0 aromatic carbocycles. The average molecular weight is 238 g/mol. The van der Waals surface area contributed by atoms with Gasteiger partial charge in [0.2, 0.25) is 0 Å². The lowest BCUT2D eigenvalue weighted by molar-refractivity contribution is -0.136. The van der Waals surface area contributed by atoms with E-state index in [1.54, 1.807) is 0 Å². The Morgan fingerprint density at radius 2 is 2.38 bits per heavy atom. The summed E-state index contributed by atoms with van der Waals surface area (Å²) >= 11 is 1.42. The number of hydrogen-bond acceptors (Lipinski definition) is 5. The molecule has 1 saturated carbocycles. The number of nitrogens with zero attached hydrogens (tertiary/aromatic N) is 1. The third kappa shape index (κ3) is 2.10. The number of ether oxygens (including phenoxy) is 1. The van der Waals surface area contributed by atoms with E-state index in [1.807, 2.05) is 5.38 Å². The minimum absolute atomic E-state index is 0.131. The molecule has 4 nitrogen and oxygen atoms in total. The summed E-state index contributed by atoms with van der Waals surface area (Å²) < 4.78 is 5.26. The lowest BCUT2D eigenvalue weighted by atomic mass is 10.2. The summed E-state index contributed by atoms with van der Waals surface area (Å²) in [6.45, 7) is 0.908. The molecule has 0 amide bonds. The Hall–Kier alpha value is -0.940. The summed E-state index contributed by atoms with van der Waals surface area (Å²) in [5.41, 5.74) is 1.09. The van der Waals surface area contributed by atoms with Crippen LogP contribution in [0.2, 0.25) is 0 Å². The van der Waals surface area contributed by atoms with Crippen molar-refractivity contribution in [3.05, 3.63) is 11.1 Å². The van der Waals surface area contributed by atoms with E-state index in [9.17, 15) is 4.79 Å². The molecule has 2 aliphatic rings. The molecule has 0 bridgehead atoms. The van der Waals surface area contributed by atoms with E-state index in [4.69, 9.17) is 4.74 Å². The van der Waals surface area contributed by atoms with Crippen LogP contribution < -0.4 is 10.1 Å². The first-order valence-corrected chi connectivity index (χ1v) is 6.61. The van der Waals surface area contributed by atoms with Gasteiger partial charge in [-0.2, -0.15) is 0 Å². The van der Waals surface area contributed by atoms with Crippen molar-refractivity contribution in [2.45, 2.75) is 37.6 Å². The quantitative estimate of drug-likeness (QED) is 0.814. The predicted octanol–water partition coefficient (Wildman–Crippen LogP) is 1.68. The van der Waals surface area contributed by atoms with Crippen LogP contribution in [0.1, 0.15) is 37.3 Å². The van der Waals surface area contributed by atoms with Gasteiger partial charge in [-0.1, -0.05) is 11.3 Å². The number of thiazole rings is 1. The summed E-state index contributed by atoms with van der Waals surface area (Å²) in [4.78, 5) is 16.0. The molecule has 2 heterocycles. The van der Waals surface area contributed by atoms with Gasteiger partial charge in [-0.25, -0.2) is 9.78 Å². The largest absolute Gasteiger partial charge is 0.397 e. The van der Waals surface area contributed by atoms with Crippen LogP contribution in [0.25, 0.3) is 0 Å². The van der Waals surface area contributed by atoms with Gasteiger partial charge in [0.25, 0.3) is 5.19 Å². The Morgan fingerprint density at radius 3 is 3.06 bits per heavy atom. The van der Waals surface area contributed by atoms with Gasteiger partial charge < -0.3 is 10.1 Å². The number of esters is 1. The highest BCUT2D eigenvalue weighted by molar-refractivity contribution is 7.11. The van der Waals surface area contributed by atoms with Crippen molar-refractivity contribution in [3.63, 3.8) is 0 Å². The van der Waals surface area contributed by atoms with Crippen LogP contribution in [0.4, 0.5) is 0 Å². The topological polar surface area (TPSA) is 51.2 Å². The zero-order chi connectivity index (χ0) is 11.0. The van der Waals surface area contributed by atoms with Crippen molar-refractivity contribution in [3.8, 4) is 5.19 Å². The second kappa shape index (κ2) is 4.14. The molecule has 1 saturated heterocycles. The molecule has 16 heavy (non-hydrogen) atoms. The highest BCUT2D eigenvalue weighted by atomic mass is 32.1. The lowest BCUT2D eigenvalue weighted by Gasteiger charge is -2.06. The second-order valence-electron chi connectivity index (χ2n) is 4.38. The van der Waals surface area contributed by atoms with Crippen molar-refractivity contribution in [2.24, 2.45) is 0 Å². The molecule has 0 spiro atoms. The van der Waals surface area contributed by atoms with E-state index >= 15 is 0 Å². The molecule has 2 fully saturated rings. The molecule has 1 aromatic rings. The summed E-state index contributed by atoms with van der Waals surface area (Å²) in [5, 5.41) is 5.62.